The molecule has 1 aromatic carbocycles. The lowest BCUT2D eigenvalue weighted by Crippen LogP contribution is -2.15. The SMILES string of the molecule is CCC(=O)Nc1sc(CC)cc1C(=O)Nc1ccc(C(=O)O)cc1. The van der Waals surface area contributed by atoms with Crippen LogP contribution in [0.25, 0.3) is 0 Å². The molecule has 0 atom stereocenters. The predicted molar refractivity (Wildman–Crippen MR) is 94.0 cm³/mol. The summed E-state index contributed by atoms with van der Waals surface area (Å²) in [6.45, 7) is 3.72. The molecule has 0 aliphatic carbocycles. The fourth-order valence-corrected chi connectivity index (χ4v) is 3.00. The van der Waals surface area contributed by atoms with Crippen molar-refractivity contribution >= 4 is 39.8 Å². The van der Waals surface area contributed by atoms with Crippen molar-refractivity contribution in [1.82, 2.24) is 0 Å². The van der Waals surface area contributed by atoms with Crippen molar-refractivity contribution in [2.45, 2.75) is 26.7 Å². The van der Waals surface area contributed by atoms with Crippen LogP contribution < -0.4 is 10.6 Å². The van der Waals surface area contributed by atoms with Gasteiger partial charge in [0.05, 0.1) is 11.1 Å². The fraction of sp³-hybridized carbons (Fsp3) is 0.235. The molecule has 126 valence electrons. The van der Waals surface area contributed by atoms with E-state index < -0.39 is 5.97 Å². The van der Waals surface area contributed by atoms with Gasteiger partial charge in [-0.1, -0.05) is 13.8 Å². The number of anilines is 2. The number of carbonyl (C=O) groups excluding carboxylic acids is 2. The number of rotatable bonds is 6. The van der Waals surface area contributed by atoms with Gasteiger partial charge in [-0.2, -0.15) is 0 Å². The van der Waals surface area contributed by atoms with E-state index >= 15 is 0 Å². The van der Waals surface area contributed by atoms with E-state index in [-0.39, 0.29) is 17.4 Å². The summed E-state index contributed by atoms with van der Waals surface area (Å²) in [5.74, 6) is -1.53. The highest BCUT2D eigenvalue weighted by atomic mass is 32.1. The standard InChI is InChI=1S/C17H18N2O4S/c1-3-12-9-13(16(24-12)19-14(20)4-2)15(21)18-11-7-5-10(6-8-11)17(22)23/h5-9H,3-4H2,1-2H3,(H,18,21)(H,19,20)(H,22,23). The Labute approximate surface area is 143 Å². The number of thiophene rings is 1. The first-order chi connectivity index (χ1) is 11.4. The van der Waals surface area contributed by atoms with E-state index in [0.717, 1.165) is 11.3 Å². The van der Waals surface area contributed by atoms with Gasteiger partial charge in [0.2, 0.25) is 5.91 Å². The maximum absolute atomic E-state index is 12.5. The molecular weight excluding hydrogens is 328 g/mol. The van der Waals surface area contributed by atoms with Crippen molar-refractivity contribution in [3.63, 3.8) is 0 Å². The maximum Gasteiger partial charge on any atom is 0.335 e. The summed E-state index contributed by atoms with van der Waals surface area (Å²) in [4.78, 5) is 35.9. The van der Waals surface area contributed by atoms with Crippen LogP contribution in [-0.2, 0) is 11.2 Å². The van der Waals surface area contributed by atoms with Crippen molar-refractivity contribution in [3.8, 4) is 0 Å². The number of amides is 2. The monoisotopic (exact) mass is 346 g/mol. The molecule has 0 saturated carbocycles. The lowest BCUT2D eigenvalue weighted by molar-refractivity contribution is -0.115. The van der Waals surface area contributed by atoms with E-state index in [9.17, 15) is 14.4 Å². The van der Waals surface area contributed by atoms with Gasteiger partial charge in [0.1, 0.15) is 5.00 Å². The highest BCUT2D eigenvalue weighted by molar-refractivity contribution is 7.16. The molecule has 3 N–H and O–H groups in total. The molecule has 0 radical (unpaired) electrons. The molecule has 0 fully saturated rings. The van der Waals surface area contributed by atoms with Crippen molar-refractivity contribution < 1.29 is 19.5 Å². The van der Waals surface area contributed by atoms with E-state index in [1.54, 1.807) is 13.0 Å². The molecule has 1 aromatic heterocycles. The fourth-order valence-electron chi connectivity index (χ4n) is 1.99. The Morgan fingerprint density at radius 3 is 2.29 bits per heavy atom. The minimum absolute atomic E-state index is 0.146. The van der Waals surface area contributed by atoms with Crippen LogP contribution in [0.15, 0.2) is 30.3 Å². The van der Waals surface area contributed by atoms with Gasteiger partial charge in [-0.3, -0.25) is 9.59 Å². The van der Waals surface area contributed by atoms with Gasteiger partial charge in [0.15, 0.2) is 0 Å². The van der Waals surface area contributed by atoms with Crippen LogP contribution in [0.2, 0.25) is 0 Å². The van der Waals surface area contributed by atoms with Gasteiger partial charge >= 0.3 is 5.97 Å². The Kier molecular flexibility index (Phi) is 5.70. The van der Waals surface area contributed by atoms with Crippen molar-refractivity contribution in [2.24, 2.45) is 0 Å². The molecule has 7 heteroatoms. The number of benzene rings is 1. The second-order valence-electron chi connectivity index (χ2n) is 5.05. The van der Waals surface area contributed by atoms with E-state index in [4.69, 9.17) is 5.11 Å². The molecule has 0 saturated heterocycles. The number of carboxylic acid groups (broad SMARTS) is 1. The highest BCUT2D eigenvalue weighted by Crippen LogP contribution is 2.29. The van der Waals surface area contributed by atoms with Gasteiger partial charge in [-0.15, -0.1) is 11.3 Å². The number of hydrogen-bond donors (Lipinski definition) is 3. The topological polar surface area (TPSA) is 95.5 Å². The molecule has 0 bridgehead atoms. The summed E-state index contributed by atoms with van der Waals surface area (Å²) in [5, 5.41) is 14.9. The van der Waals surface area contributed by atoms with Crippen LogP contribution >= 0.6 is 11.3 Å². The summed E-state index contributed by atoms with van der Waals surface area (Å²) in [7, 11) is 0. The molecule has 24 heavy (non-hydrogen) atoms. The van der Waals surface area contributed by atoms with Crippen LogP contribution in [0, 0.1) is 0 Å². The quantitative estimate of drug-likeness (QED) is 0.744. The third-order valence-corrected chi connectivity index (χ3v) is 4.53. The van der Waals surface area contributed by atoms with Crippen molar-refractivity contribution in [3.05, 3.63) is 46.3 Å². The van der Waals surface area contributed by atoms with Crippen LogP contribution in [-0.4, -0.2) is 22.9 Å². The second-order valence-corrected chi connectivity index (χ2v) is 6.18. The van der Waals surface area contributed by atoms with Crippen molar-refractivity contribution in [2.75, 3.05) is 10.6 Å². The Morgan fingerprint density at radius 2 is 1.75 bits per heavy atom. The number of carbonyl (C=O) groups is 3. The zero-order valence-electron chi connectivity index (χ0n) is 13.4. The maximum atomic E-state index is 12.5. The average Bonchev–Trinajstić information content (AvgIpc) is 2.98. The zero-order valence-corrected chi connectivity index (χ0v) is 14.2. The summed E-state index contributed by atoms with van der Waals surface area (Å²) >= 11 is 1.38. The molecule has 0 unspecified atom stereocenters. The highest BCUT2D eigenvalue weighted by Gasteiger charge is 2.17. The molecule has 2 aromatic rings. The van der Waals surface area contributed by atoms with Gasteiger partial charge in [0, 0.05) is 17.0 Å². The van der Waals surface area contributed by atoms with Crippen molar-refractivity contribution in [1.29, 1.82) is 0 Å². The molecule has 0 aliphatic rings. The summed E-state index contributed by atoms with van der Waals surface area (Å²) in [6, 6.07) is 7.65. The third kappa shape index (κ3) is 4.20. The van der Waals surface area contributed by atoms with Crippen LogP contribution in [0.3, 0.4) is 0 Å². The number of nitrogens with one attached hydrogen (secondary N) is 2. The average molecular weight is 346 g/mol. The lowest BCUT2D eigenvalue weighted by atomic mass is 10.2. The number of hydrogen-bond acceptors (Lipinski definition) is 4. The number of aryl methyl sites for hydroxylation is 1. The first kappa shape index (κ1) is 17.7. The number of aromatic carboxylic acids is 1. The van der Waals surface area contributed by atoms with E-state index in [1.807, 2.05) is 6.92 Å². The summed E-state index contributed by atoms with van der Waals surface area (Å²) in [6.07, 6.45) is 1.09. The molecule has 0 aliphatic heterocycles. The predicted octanol–water partition coefficient (Wildman–Crippen LogP) is 3.61. The Morgan fingerprint density at radius 1 is 1.08 bits per heavy atom. The molecular formula is C17H18N2O4S. The summed E-state index contributed by atoms with van der Waals surface area (Å²) < 4.78 is 0. The van der Waals surface area contributed by atoms with Crippen LogP contribution in [0.5, 0.6) is 0 Å². The Bertz CT molecular complexity index is 765. The van der Waals surface area contributed by atoms with Crippen LogP contribution in [0.4, 0.5) is 10.7 Å². The van der Waals surface area contributed by atoms with Gasteiger partial charge in [-0.25, -0.2) is 4.79 Å². The minimum Gasteiger partial charge on any atom is -0.478 e. The molecule has 6 nitrogen and oxygen atoms in total. The molecule has 2 rings (SSSR count). The Balaban J connectivity index is 2.20. The largest absolute Gasteiger partial charge is 0.478 e. The van der Waals surface area contributed by atoms with Crippen LogP contribution in [0.1, 0.15) is 45.9 Å². The molecule has 0 spiro atoms. The smallest absolute Gasteiger partial charge is 0.335 e. The van der Waals surface area contributed by atoms with E-state index in [2.05, 4.69) is 10.6 Å². The van der Waals surface area contributed by atoms with E-state index in [0.29, 0.717) is 22.7 Å². The van der Waals surface area contributed by atoms with Gasteiger partial charge < -0.3 is 15.7 Å². The number of carboxylic acids is 1. The zero-order chi connectivity index (χ0) is 17.7. The first-order valence-electron chi connectivity index (χ1n) is 7.51. The second kappa shape index (κ2) is 7.74. The summed E-state index contributed by atoms with van der Waals surface area (Å²) in [5.41, 5.74) is 1.04. The van der Waals surface area contributed by atoms with Gasteiger partial charge in [-0.05, 0) is 36.8 Å². The first-order valence-corrected chi connectivity index (χ1v) is 8.33. The molecule has 2 amide bonds. The lowest BCUT2D eigenvalue weighted by Gasteiger charge is -2.07. The third-order valence-electron chi connectivity index (χ3n) is 3.34. The molecule has 1 heterocycles. The van der Waals surface area contributed by atoms with E-state index in [1.165, 1.54) is 35.6 Å². The Hall–Kier alpha value is -2.67. The normalized spacial score (nSPS) is 10.2. The minimum atomic E-state index is -1.03. The van der Waals surface area contributed by atoms with Gasteiger partial charge in [0.25, 0.3) is 5.91 Å².